The van der Waals surface area contributed by atoms with Crippen molar-refractivity contribution in [1.82, 2.24) is 0 Å². The SMILES string of the molecule is Cc1ccoc1CSCC(N)C1CC1. The van der Waals surface area contributed by atoms with Crippen LogP contribution in [0, 0.1) is 12.8 Å². The number of nitrogens with two attached hydrogens (primary N) is 1. The minimum absolute atomic E-state index is 0.398. The summed E-state index contributed by atoms with van der Waals surface area (Å²) in [4.78, 5) is 0. The van der Waals surface area contributed by atoms with Crippen LogP contribution in [-0.4, -0.2) is 11.8 Å². The Morgan fingerprint density at radius 1 is 1.64 bits per heavy atom. The van der Waals surface area contributed by atoms with Crippen LogP contribution in [-0.2, 0) is 5.75 Å². The summed E-state index contributed by atoms with van der Waals surface area (Å²) < 4.78 is 5.36. The van der Waals surface area contributed by atoms with E-state index in [1.54, 1.807) is 6.26 Å². The Morgan fingerprint density at radius 3 is 3.00 bits per heavy atom. The normalized spacial score (nSPS) is 18.4. The predicted octanol–water partition coefficient (Wildman–Crippen LogP) is 2.56. The Kier molecular flexibility index (Phi) is 3.19. The average Bonchev–Trinajstić information content (AvgIpc) is 2.93. The van der Waals surface area contributed by atoms with Gasteiger partial charge in [0.2, 0.25) is 0 Å². The number of hydrogen-bond acceptors (Lipinski definition) is 3. The summed E-state index contributed by atoms with van der Waals surface area (Å²) in [6.45, 7) is 2.08. The molecule has 2 N–H and O–H groups in total. The largest absolute Gasteiger partial charge is 0.468 e. The molecule has 1 fully saturated rings. The van der Waals surface area contributed by atoms with Crippen LogP contribution in [0.1, 0.15) is 24.2 Å². The van der Waals surface area contributed by atoms with Crippen molar-refractivity contribution in [3.05, 3.63) is 23.7 Å². The lowest BCUT2D eigenvalue weighted by atomic mass is 10.2. The van der Waals surface area contributed by atoms with Crippen LogP contribution in [0.15, 0.2) is 16.7 Å². The van der Waals surface area contributed by atoms with E-state index >= 15 is 0 Å². The zero-order chi connectivity index (χ0) is 9.97. The van der Waals surface area contributed by atoms with Gasteiger partial charge in [-0.15, -0.1) is 0 Å². The third-order valence-corrected chi connectivity index (χ3v) is 3.83. The fraction of sp³-hybridized carbons (Fsp3) is 0.636. The molecule has 2 nitrogen and oxygen atoms in total. The molecule has 0 aliphatic heterocycles. The van der Waals surface area contributed by atoms with E-state index < -0.39 is 0 Å². The van der Waals surface area contributed by atoms with Gasteiger partial charge in [-0.05, 0) is 37.3 Å². The average molecular weight is 211 g/mol. The van der Waals surface area contributed by atoms with Crippen LogP contribution in [0.4, 0.5) is 0 Å². The van der Waals surface area contributed by atoms with Crippen molar-refractivity contribution < 1.29 is 4.42 Å². The van der Waals surface area contributed by atoms with Crippen LogP contribution < -0.4 is 5.73 Å². The Bertz CT molecular complexity index is 293. The summed E-state index contributed by atoms with van der Waals surface area (Å²) in [6.07, 6.45) is 4.43. The second-order valence-corrected chi connectivity index (χ2v) is 5.07. The molecule has 1 unspecified atom stereocenters. The highest BCUT2D eigenvalue weighted by molar-refractivity contribution is 7.98. The van der Waals surface area contributed by atoms with Crippen molar-refractivity contribution in [3.8, 4) is 0 Å². The molecule has 78 valence electrons. The molecule has 1 atom stereocenters. The molecule has 0 amide bonds. The predicted molar refractivity (Wildman–Crippen MR) is 60.3 cm³/mol. The first-order valence-corrected chi connectivity index (χ1v) is 6.29. The Morgan fingerprint density at radius 2 is 2.43 bits per heavy atom. The molecule has 3 heteroatoms. The summed E-state index contributed by atoms with van der Waals surface area (Å²) in [6, 6.07) is 2.41. The van der Waals surface area contributed by atoms with Crippen LogP contribution >= 0.6 is 11.8 Å². The van der Waals surface area contributed by atoms with E-state index in [4.69, 9.17) is 10.2 Å². The minimum atomic E-state index is 0.398. The molecule has 1 saturated carbocycles. The van der Waals surface area contributed by atoms with Crippen LogP contribution in [0.3, 0.4) is 0 Å². The van der Waals surface area contributed by atoms with Crippen molar-refractivity contribution in [1.29, 1.82) is 0 Å². The van der Waals surface area contributed by atoms with Gasteiger partial charge in [0.15, 0.2) is 0 Å². The number of aryl methyl sites for hydroxylation is 1. The lowest BCUT2D eigenvalue weighted by molar-refractivity contribution is 0.527. The number of rotatable bonds is 5. The zero-order valence-corrected chi connectivity index (χ0v) is 9.35. The van der Waals surface area contributed by atoms with E-state index in [0.29, 0.717) is 6.04 Å². The van der Waals surface area contributed by atoms with Gasteiger partial charge in [0.1, 0.15) is 5.76 Å². The maximum absolute atomic E-state index is 6.01. The molecular weight excluding hydrogens is 194 g/mol. The Hall–Kier alpha value is -0.410. The second-order valence-electron chi connectivity index (χ2n) is 4.04. The van der Waals surface area contributed by atoms with E-state index in [0.717, 1.165) is 23.2 Å². The topological polar surface area (TPSA) is 39.2 Å². The highest BCUT2D eigenvalue weighted by Gasteiger charge is 2.28. The van der Waals surface area contributed by atoms with Crippen molar-refractivity contribution in [2.24, 2.45) is 11.7 Å². The lowest BCUT2D eigenvalue weighted by Gasteiger charge is -2.08. The van der Waals surface area contributed by atoms with Gasteiger partial charge in [0.05, 0.1) is 12.0 Å². The number of furan rings is 1. The maximum Gasteiger partial charge on any atom is 0.116 e. The monoisotopic (exact) mass is 211 g/mol. The summed E-state index contributed by atoms with van der Waals surface area (Å²) >= 11 is 1.88. The summed E-state index contributed by atoms with van der Waals surface area (Å²) in [5.74, 6) is 3.92. The molecule has 1 heterocycles. The standard InChI is InChI=1S/C11H17NOS/c1-8-4-5-13-11(8)7-14-6-10(12)9-2-3-9/h4-5,9-10H,2-3,6-7,12H2,1H3. The van der Waals surface area contributed by atoms with E-state index in [-0.39, 0.29) is 0 Å². The van der Waals surface area contributed by atoms with Gasteiger partial charge < -0.3 is 10.2 Å². The fourth-order valence-corrected chi connectivity index (χ4v) is 2.64. The smallest absolute Gasteiger partial charge is 0.116 e. The molecule has 1 aliphatic rings. The molecule has 0 spiro atoms. The Balaban J connectivity index is 1.69. The highest BCUT2D eigenvalue weighted by Crippen LogP contribution is 2.33. The molecule has 2 rings (SSSR count). The molecule has 0 bridgehead atoms. The first-order chi connectivity index (χ1) is 6.77. The molecule has 0 saturated heterocycles. The quantitative estimate of drug-likeness (QED) is 0.813. The van der Waals surface area contributed by atoms with Gasteiger partial charge in [-0.25, -0.2) is 0 Å². The van der Waals surface area contributed by atoms with Gasteiger partial charge in [-0.3, -0.25) is 0 Å². The van der Waals surface area contributed by atoms with E-state index in [1.807, 2.05) is 17.8 Å². The summed E-state index contributed by atoms with van der Waals surface area (Å²) in [5, 5.41) is 0. The van der Waals surface area contributed by atoms with Crippen molar-refractivity contribution in [2.45, 2.75) is 31.6 Å². The highest BCUT2D eigenvalue weighted by atomic mass is 32.2. The third-order valence-electron chi connectivity index (χ3n) is 2.74. The first kappa shape index (κ1) is 10.1. The third kappa shape index (κ3) is 2.55. The van der Waals surface area contributed by atoms with Crippen LogP contribution in [0.5, 0.6) is 0 Å². The summed E-state index contributed by atoms with van der Waals surface area (Å²) in [7, 11) is 0. The molecule has 1 aromatic rings. The van der Waals surface area contributed by atoms with E-state index in [1.165, 1.54) is 18.4 Å². The molecule has 0 radical (unpaired) electrons. The molecule has 1 aliphatic carbocycles. The van der Waals surface area contributed by atoms with Gasteiger partial charge >= 0.3 is 0 Å². The lowest BCUT2D eigenvalue weighted by Crippen LogP contribution is -2.25. The minimum Gasteiger partial charge on any atom is -0.468 e. The Labute approximate surface area is 89.2 Å². The van der Waals surface area contributed by atoms with Crippen molar-refractivity contribution >= 4 is 11.8 Å². The van der Waals surface area contributed by atoms with Crippen LogP contribution in [0.25, 0.3) is 0 Å². The fourth-order valence-electron chi connectivity index (χ4n) is 1.50. The molecule has 1 aromatic heterocycles. The maximum atomic E-state index is 6.01. The van der Waals surface area contributed by atoms with Crippen molar-refractivity contribution in [2.75, 3.05) is 5.75 Å². The van der Waals surface area contributed by atoms with Crippen molar-refractivity contribution in [3.63, 3.8) is 0 Å². The molecular formula is C11H17NOS. The number of hydrogen-bond donors (Lipinski definition) is 1. The van der Waals surface area contributed by atoms with Gasteiger partial charge in [-0.1, -0.05) is 0 Å². The van der Waals surface area contributed by atoms with E-state index in [9.17, 15) is 0 Å². The zero-order valence-electron chi connectivity index (χ0n) is 8.53. The number of thioether (sulfide) groups is 1. The molecule has 14 heavy (non-hydrogen) atoms. The van der Waals surface area contributed by atoms with Gasteiger partial charge in [0.25, 0.3) is 0 Å². The first-order valence-electron chi connectivity index (χ1n) is 5.13. The summed E-state index contributed by atoms with van der Waals surface area (Å²) in [5.41, 5.74) is 7.25. The van der Waals surface area contributed by atoms with Gasteiger partial charge in [0, 0.05) is 11.8 Å². The second kappa shape index (κ2) is 4.41. The van der Waals surface area contributed by atoms with E-state index in [2.05, 4.69) is 6.92 Å². The van der Waals surface area contributed by atoms with Crippen LogP contribution in [0.2, 0.25) is 0 Å². The molecule has 0 aromatic carbocycles. The van der Waals surface area contributed by atoms with Gasteiger partial charge in [-0.2, -0.15) is 11.8 Å².